The molecular formula is C28H20FN3O. The first-order valence-electron chi connectivity index (χ1n) is 10.6. The highest BCUT2D eigenvalue weighted by Gasteiger charge is 2.13. The summed E-state index contributed by atoms with van der Waals surface area (Å²) in [7, 11) is 0. The van der Waals surface area contributed by atoms with Crippen LogP contribution in [-0.2, 0) is 6.61 Å². The number of hydrogen-bond donors (Lipinski definition) is 1. The van der Waals surface area contributed by atoms with Crippen molar-refractivity contribution in [3.05, 3.63) is 107 Å². The number of rotatable bonds is 5. The summed E-state index contributed by atoms with van der Waals surface area (Å²) in [5.41, 5.74) is 4.87. The predicted molar refractivity (Wildman–Crippen MR) is 129 cm³/mol. The number of allylic oxidation sites excluding steroid dienone is 1. The lowest BCUT2D eigenvalue weighted by Crippen LogP contribution is -1.98. The van der Waals surface area contributed by atoms with E-state index in [9.17, 15) is 9.65 Å². The number of aryl methyl sites for hydroxylation is 1. The fourth-order valence-corrected chi connectivity index (χ4v) is 3.84. The number of benzene rings is 4. The summed E-state index contributed by atoms with van der Waals surface area (Å²) in [4.78, 5) is 7.87. The van der Waals surface area contributed by atoms with Gasteiger partial charge in [0.2, 0.25) is 0 Å². The Labute approximate surface area is 190 Å². The monoisotopic (exact) mass is 433 g/mol. The maximum absolute atomic E-state index is 13.2. The van der Waals surface area contributed by atoms with E-state index in [0.717, 1.165) is 38.5 Å². The third-order valence-electron chi connectivity index (χ3n) is 5.54. The smallest absolute Gasteiger partial charge is 0.149 e. The molecule has 0 aliphatic carbocycles. The Kier molecular flexibility index (Phi) is 5.34. The minimum absolute atomic E-state index is 0.283. The van der Waals surface area contributed by atoms with Crippen molar-refractivity contribution in [2.24, 2.45) is 0 Å². The average Bonchev–Trinajstić information content (AvgIpc) is 3.25. The van der Waals surface area contributed by atoms with Crippen LogP contribution in [0.25, 0.3) is 33.5 Å². The van der Waals surface area contributed by atoms with Gasteiger partial charge in [0.25, 0.3) is 0 Å². The average molecular weight is 433 g/mol. The first-order chi connectivity index (χ1) is 16.1. The van der Waals surface area contributed by atoms with E-state index in [2.05, 4.69) is 16.0 Å². The molecule has 0 fully saturated rings. The molecule has 0 unspecified atom stereocenters. The van der Waals surface area contributed by atoms with Crippen molar-refractivity contribution < 1.29 is 9.13 Å². The quantitative estimate of drug-likeness (QED) is 0.310. The third kappa shape index (κ3) is 4.19. The van der Waals surface area contributed by atoms with Gasteiger partial charge in [-0.1, -0.05) is 48.5 Å². The molecule has 5 heteroatoms. The fourth-order valence-electron chi connectivity index (χ4n) is 3.84. The largest absolute Gasteiger partial charge is 0.488 e. The van der Waals surface area contributed by atoms with Crippen LogP contribution in [0.2, 0.25) is 0 Å². The molecule has 33 heavy (non-hydrogen) atoms. The van der Waals surface area contributed by atoms with Crippen LogP contribution in [0.1, 0.15) is 22.5 Å². The summed E-state index contributed by atoms with van der Waals surface area (Å²) < 4.78 is 19.4. The minimum Gasteiger partial charge on any atom is -0.488 e. The molecule has 1 aromatic heterocycles. The second-order valence-corrected chi connectivity index (χ2v) is 7.89. The normalized spacial score (nSPS) is 11.6. The Morgan fingerprint density at radius 3 is 2.70 bits per heavy atom. The van der Waals surface area contributed by atoms with E-state index in [0.29, 0.717) is 17.1 Å². The highest BCUT2D eigenvalue weighted by molar-refractivity contribution is 6.00. The number of nitrogens with one attached hydrogen (secondary N) is 1. The van der Waals surface area contributed by atoms with Gasteiger partial charge in [0.15, 0.2) is 0 Å². The molecule has 0 spiro atoms. The van der Waals surface area contributed by atoms with Crippen molar-refractivity contribution in [1.29, 1.82) is 5.26 Å². The highest BCUT2D eigenvalue weighted by atomic mass is 19.1. The molecular weight excluding hydrogens is 413 g/mol. The topological polar surface area (TPSA) is 61.7 Å². The molecule has 5 aromatic rings. The molecule has 0 amide bonds. The van der Waals surface area contributed by atoms with Gasteiger partial charge in [-0.15, -0.1) is 0 Å². The molecule has 0 saturated heterocycles. The molecule has 0 aliphatic heterocycles. The lowest BCUT2D eigenvalue weighted by Gasteiger charge is -2.13. The fraction of sp³-hybridized carbons (Fsp3) is 0.0714. The Morgan fingerprint density at radius 2 is 1.88 bits per heavy atom. The lowest BCUT2D eigenvalue weighted by molar-refractivity contribution is 0.306. The molecule has 4 aromatic carbocycles. The van der Waals surface area contributed by atoms with Gasteiger partial charge in [-0.3, -0.25) is 0 Å². The molecule has 0 saturated carbocycles. The van der Waals surface area contributed by atoms with Gasteiger partial charge in [-0.25, -0.2) is 9.37 Å². The van der Waals surface area contributed by atoms with Gasteiger partial charge in [-0.05, 0) is 65.2 Å². The van der Waals surface area contributed by atoms with E-state index >= 15 is 0 Å². The SMILES string of the molecule is Cc1ccc2nc(C(C#N)=Cc3c(OCc4ccc(F)cc4)ccc4ccccc34)[nH]c2c1. The number of nitriles is 1. The molecule has 0 atom stereocenters. The molecule has 1 N–H and O–H groups in total. The van der Waals surface area contributed by atoms with E-state index in [4.69, 9.17) is 4.74 Å². The standard InChI is InChI=1S/C28H20FN3O/c1-18-6-12-25-26(14-18)32-28(31-25)21(16-30)15-24-23-5-3-2-4-20(23)9-13-27(24)33-17-19-7-10-22(29)11-8-19/h2-15H,17H2,1H3,(H,31,32). The van der Waals surface area contributed by atoms with Gasteiger partial charge < -0.3 is 9.72 Å². The zero-order valence-corrected chi connectivity index (χ0v) is 18.0. The summed E-state index contributed by atoms with van der Waals surface area (Å²) in [6.07, 6.45) is 1.81. The lowest BCUT2D eigenvalue weighted by atomic mass is 10.0. The maximum Gasteiger partial charge on any atom is 0.149 e. The van der Waals surface area contributed by atoms with Gasteiger partial charge in [0.1, 0.15) is 30.1 Å². The second kappa shape index (κ2) is 8.60. The van der Waals surface area contributed by atoms with E-state index in [1.54, 1.807) is 12.1 Å². The molecule has 0 aliphatic rings. The van der Waals surface area contributed by atoms with Crippen LogP contribution in [0, 0.1) is 24.1 Å². The zero-order chi connectivity index (χ0) is 22.8. The number of halogens is 1. The molecule has 4 nitrogen and oxygen atoms in total. The van der Waals surface area contributed by atoms with E-state index < -0.39 is 0 Å². The number of ether oxygens (including phenoxy) is 1. The van der Waals surface area contributed by atoms with Gasteiger partial charge in [-0.2, -0.15) is 5.26 Å². The Hall–Kier alpha value is -4.43. The number of nitrogens with zero attached hydrogens (tertiary/aromatic N) is 2. The molecule has 0 radical (unpaired) electrons. The molecule has 160 valence electrons. The van der Waals surface area contributed by atoms with Crippen molar-refractivity contribution in [3.63, 3.8) is 0 Å². The van der Waals surface area contributed by atoms with Crippen LogP contribution in [0.15, 0.2) is 78.9 Å². The number of aromatic amines is 1. The van der Waals surface area contributed by atoms with Crippen molar-refractivity contribution in [2.75, 3.05) is 0 Å². The van der Waals surface area contributed by atoms with Gasteiger partial charge in [0, 0.05) is 5.56 Å². The Bertz CT molecular complexity index is 1540. The highest BCUT2D eigenvalue weighted by Crippen LogP contribution is 2.32. The van der Waals surface area contributed by atoms with E-state index in [1.807, 2.05) is 67.6 Å². The predicted octanol–water partition coefficient (Wildman–Crippen LogP) is 6.81. The maximum atomic E-state index is 13.2. The molecule has 1 heterocycles. The van der Waals surface area contributed by atoms with Crippen molar-refractivity contribution >= 4 is 33.5 Å². The van der Waals surface area contributed by atoms with Crippen molar-refractivity contribution in [1.82, 2.24) is 9.97 Å². The first-order valence-corrected chi connectivity index (χ1v) is 10.6. The summed E-state index contributed by atoms with van der Waals surface area (Å²) in [6, 6.07) is 26.3. The van der Waals surface area contributed by atoms with Crippen LogP contribution in [0.5, 0.6) is 5.75 Å². The first kappa shape index (κ1) is 20.5. The van der Waals surface area contributed by atoms with Gasteiger partial charge in [0.05, 0.1) is 16.6 Å². The van der Waals surface area contributed by atoms with Crippen LogP contribution >= 0.6 is 0 Å². The number of hydrogen-bond acceptors (Lipinski definition) is 3. The van der Waals surface area contributed by atoms with Gasteiger partial charge >= 0.3 is 0 Å². The molecule has 0 bridgehead atoms. The number of fused-ring (bicyclic) bond motifs is 2. The van der Waals surface area contributed by atoms with Crippen molar-refractivity contribution in [2.45, 2.75) is 13.5 Å². The van der Waals surface area contributed by atoms with Crippen molar-refractivity contribution in [3.8, 4) is 11.8 Å². The third-order valence-corrected chi connectivity index (χ3v) is 5.54. The van der Waals surface area contributed by atoms with E-state index in [1.165, 1.54) is 12.1 Å². The zero-order valence-electron chi connectivity index (χ0n) is 18.0. The Balaban J connectivity index is 1.59. The number of H-pyrrole nitrogens is 1. The number of imidazole rings is 1. The Morgan fingerprint density at radius 1 is 1.06 bits per heavy atom. The van der Waals surface area contributed by atoms with Crippen LogP contribution in [-0.4, -0.2) is 9.97 Å². The minimum atomic E-state index is -0.284. The summed E-state index contributed by atoms with van der Waals surface area (Å²) in [5.74, 6) is 0.862. The van der Waals surface area contributed by atoms with Crippen LogP contribution in [0.4, 0.5) is 4.39 Å². The summed E-state index contributed by atoms with van der Waals surface area (Å²) in [5, 5.41) is 12.0. The number of aromatic nitrogens is 2. The van der Waals surface area contributed by atoms with E-state index in [-0.39, 0.29) is 12.4 Å². The summed E-state index contributed by atoms with van der Waals surface area (Å²) in [6.45, 7) is 2.30. The second-order valence-electron chi connectivity index (χ2n) is 7.89. The summed E-state index contributed by atoms with van der Waals surface area (Å²) >= 11 is 0. The molecule has 5 rings (SSSR count). The van der Waals surface area contributed by atoms with Crippen LogP contribution < -0.4 is 4.74 Å². The van der Waals surface area contributed by atoms with Crippen LogP contribution in [0.3, 0.4) is 0 Å².